The fourth-order valence-electron chi connectivity index (χ4n) is 1.02. The van der Waals surface area contributed by atoms with Crippen LogP contribution in [0, 0.1) is 5.82 Å². The van der Waals surface area contributed by atoms with Crippen molar-refractivity contribution in [3.8, 4) is 0 Å². The van der Waals surface area contributed by atoms with Gasteiger partial charge in [-0.25, -0.2) is 13.2 Å². The molecule has 0 saturated carbocycles. The average Bonchev–Trinajstić information content (AvgIpc) is 2.09. The van der Waals surface area contributed by atoms with Crippen molar-refractivity contribution in [3.05, 3.63) is 34.1 Å². The SMILES string of the molecule is NCc1c(C(F)F)ccc(Cl)c1F. The van der Waals surface area contributed by atoms with Gasteiger partial charge in [-0.2, -0.15) is 0 Å². The fraction of sp³-hybridized carbons (Fsp3) is 0.250. The molecule has 13 heavy (non-hydrogen) atoms. The molecule has 0 fully saturated rings. The number of nitrogens with two attached hydrogens (primary N) is 1. The Kier molecular flexibility index (Phi) is 3.17. The van der Waals surface area contributed by atoms with Gasteiger partial charge in [-0.15, -0.1) is 0 Å². The van der Waals surface area contributed by atoms with Gasteiger partial charge >= 0.3 is 0 Å². The third kappa shape index (κ3) is 1.95. The van der Waals surface area contributed by atoms with Gasteiger partial charge in [0.1, 0.15) is 5.82 Å². The lowest BCUT2D eigenvalue weighted by atomic mass is 10.1. The summed E-state index contributed by atoms with van der Waals surface area (Å²) in [5.41, 5.74) is 4.51. The van der Waals surface area contributed by atoms with Crippen molar-refractivity contribution in [2.45, 2.75) is 13.0 Å². The minimum absolute atomic E-state index is 0.190. The second-order valence-corrected chi connectivity index (χ2v) is 2.84. The fourth-order valence-corrected chi connectivity index (χ4v) is 1.20. The molecule has 0 saturated heterocycles. The predicted octanol–water partition coefficient (Wildman–Crippen LogP) is 2.88. The first-order chi connectivity index (χ1) is 6.07. The first-order valence-corrected chi connectivity index (χ1v) is 3.90. The maximum Gasteiger partial charge on any atom is 0.264 e. The molecule has 0 bridgehead atoms. The summed E-state index contributed by atoms with van der Waals surface area (Å²) in [6.45, 7) is -0.286. The van der Waals surface area contributed by atoms with Gasteiger partial charge in [0, 0.05) is 17.7 Å². The normalized spacial score (nSPS) is 10.9. The Labute approximate surface area is 78.3 Å². The maximum atomic E-state index is 13.1. The standard InChI is InChI=1S/C8H7ClF3N/c9-6-2-1-4(8(11)12)5(3-13)7(6)10/h1-2,8H,3,13H2. The molecular weight excluding hydrogens is 203 g/mol. The number of alkyl halides is 2. The van der Waals surface area contributed by atoms with Crippen molar-refractivity contribution in [1.29, 1.82) is 0 Å². The molecule has 1 aromatic carbocycles. The van der Waals surface area contributed by atoms with Crippen LogP contribution in [0.25, 0.3) is 0 Å². The number of benzene rings is 1. The van der Waals surface area contributed by atoms with Crippen molar-refractivity contribution in [3.63, 3.8) is 0 Å². The molecule has 0 atom stereocenters. The number of hydrogen-bond donors (Lipinski definition) is 1. The Morgan fingerprint density at radius 2 is 2.00 bits per heavy atom. The molecule has 0 aliphatic carbocycles. The summed E-state index contributed by atoms with van der Waals surface area (Å²) in [5, 5.41) is -0.190. The highest BCUT2D eigenvalue weighted by atomic mass is 35.5. The van der Waals surface area contributed by atoms with E-state index in [1.807, 2.05) is 0 Å². The molecule has 72 valence electrons. The second-order valence-electron chi connectivity index (χ2n) is 2.43. The van der Waals surface area contributed by atoms with E-state index < -0.39 is 17.8 Å². The van der Waals surface area contributed by atoms with Crippen LogP contribution < -0.4 is 5.73 Å². The zero-order chi connectivity index (χ0) is 10.0. The van der Waals surface area contributed by atoms with E-state index in [0.29, 0.717) is 0 Å². The van der Waals surface area contributed by atoms with Crippen LogP contribution in [0.15, 0.2) is 12.1 Å². The molecule has 5 heteroatoms. The Morgan fingerprint density at radius 3 is 2.46 bits per heavy atom. The highest BCUT2D eigenvalue weighted by Crippen LogP contribution is 2.28. The Balaban J connectivity index is 3.30. The van der Waals surface area contributed by atoms with Gasteiger partial charge < -0.3 is 5.73 Å². The summed E-state index contributed by atoms with van der Waals surface area (Å²) in [6.07, 6.45) is -2.73. The molecule has 1 aromatic rings. The van der Waals surface area contributed by atoms with Crippen molar-refractivity contribution in [2.24, 2.45) is 5.73 Å². The van der Waals surface area contributed by atoms with Crippen LogP contribution in [0.2, 0.25) is 5.02 Å². The molecule has 0 unspecified atom stereocenters. The van der Waals surface area contributed by atoms with Gasteiger partial charge in [0.2, 0.25) is 0 Å². The van der Waals surface area contributed by atoms with Gasteiger partial charge in [0.25, 0.3) is 6.43 Å². The summed E-state index contributed by atoms with van der Waals surface area (Å²) >= 11 is 5.39. The van der Waals surface area contributed by atoms with Crippen molar-refractivity contribution in [2.75, 3.05) is 0 Å². The predicted molar refractivity (Wildman–Crippen MR) is 44.3 cm³/mol. The molecule has 0 spiro atoms. The zero-order valence-electron chi connectivity index (χ0n) is 6.53. The van der Waals surface area contributed by atoms with E-state index in [-0.39, 0.29) is 17.1 Å². The van der Waals surface area contributed by atoms with Gasteiger partial charge in [-0.05, 0) is 6.07 Å². The first-order valence-electron chi connectivity index (χ1n) is 3.53. The molecular formula is C8H7ClF3N. The molecule has 0 aliphatic rings. The highest BCUT2D eigenvalue weighted by Gasteiger charge is 2.17. The number of rotatable bonds is 2. The lowest BCUT2D eigenvalue weighted by Gasteiger charge is -2.08. The number of hydrogen-bond acceptors (Lipinski definition) is 1. The molecule has 1 nitrogen and oxygen atoms in total. The summed E-state index contributed by atoms with van der Waals surface area (Å²) in [7, 11) is 0. The van der Waals surface area contributed by atoms with Gasteiger partial charge in [-0.3, -0.25) is 0 Å². The van der Waals surface area contributed by atoms with Crippen molar-refractivity contribution >= 4 is 11.6 Å². The first kappa shape index (κ1) is 10.3. The monoisotopic (exact) mass is 209 g/mol. The third-order valence-electron chi connectivity index (χ3n) is 1.67. The average molecular weight is 210 g/mol. The molecule has 0 amide bonds. The van der Waals surface area contributed by atoms with Gasteiger partial charge in [0.05, 0.1) is 5.02 Å². The largest absolute Gasteiger partial charge is 0.326 e. The zero-order valence-corrected chi connectivity index (χ0v) is 7.28. The van der Waals surface area contributed by atoms with Crippen LogP contribution in [0.3, 0.4) is 0 Å². The minimum Gasteiger partial charge on any atom is -0.326 e. The smallest absolute Gasteiger partial charge is 0.264 e. The van der Waals surface area contributed by atoms with E-state index in [1.54, 1.807) is 0 Å². The van der Waals surface area contributed by atoms with E-state index in [9.17, 15) is 13.2 Å². The van der Waals surface area contributed by atoms with Crippen LogP contribution >= 0.6 is 11.6 Å². The van der Waals surface area contributed by atoms with Gasteiger partial charge in [-0.1, -0.05) is 17.7 Å². The van der Waals surface area contributed by atoms with Crippen molar-refractivity contribution < 1.29 is 13.2 Å². The number of halogens is 4. The van der Waals surface area contributed by atoms with Gasteiger partial charge in [0.15, 0.2) is 0 Å². The second kappa shape index (κ2) is 3.98. The maximum absolute atomic E-state index is 13.1. The minimum atomic E-state index is -2.73. The highest BCUT2D eigenvalue weighted by molar-refractivity contribution is 6.30. The van der Waals surface area contributed by atoms with Crippen LogP contribution in [-0.4, -0.2) is 0 Å². The van der Waals surface area contributed by atoms with Crippen LogP contribution in [0.4, 0.5) is 13.2 Å². The summed E-state index contributed by atoms with van der Waals surface area (Å²) < 4.78 is 37.6. The lowest BCUT2D eigenvalue weighted by Crippen LogP contribution is -2.05. The molecule has 2 N–H and O–H groups in total. The Morgan fingerprint density at radius 1 is 1.38 bits per heavy atom. The summed E-state index contributed by atoms with van der Waals surface area (Å²) in [6, 6.07) is 2.18. The Bertz CT molecular complexity index is 315. The van der Waals surface area contributed by atoms with Crippen LogP contribution in [0.5, 0.6) is 0 Å². The third-order valence-corrected chi connectivity index (χ3v) is 1.96. The summed E-state index contributed by atoms with van der Waals surface area (Å²) in [4.78, 5) is 0. The summed E-state index contributed by atoms with van der Waals surface area (Å²) in [5.74, 6) is -0.859. The lowest BCUT2D eigenvalue weighted by molar-refractivity contribution is 0.149. The van der Waals surface area contributed by atoms with E-state index in [0.717, 1.165) is 12.1 Å². The van der Waals surface area contributed by atoms with E-state index in [1.165, 1.54) is 0 Å². The molecule has 1 rings (SSSR count). The Hall–Kier alpha value is -0.740. The molecule has 0 aromatic heterocycles. The van der Waals surface area contributed by atoms with E-state index in [4.69, 9.17) is 17.3 Å². The van der Waals surface area contributed by atoms with E-state index in [2.05, 4.69) is 0 Å². The molecule has 0 heterocycles. The van der Waals surface area contributed by atoms with Crippen LogP contribution in [-0.2, 0) is 6.54 Å². The topological polar surface area (TPSA) is 26.0 Å². The van der Waals surface area contributed by atoms with Crippen LogP contribution in [0.1, 0.15) is 17.6 Å². The quantitative estimate of drug-likeness (QED) is 0.796. The molecule has 0 radical (unpaired) electrons. The molecule has 0 aliphatic heterocycles. The van der Waals surface area contributed by atoms with E-state index >= 15 is 0 Å². The van der Waals surface area contributed by atoms with Crippen molar-refractivity contribution in [1.82, 2.24) is 0 Å².